The number of hydrogen-bond donors (Lipinski definition) is 2. The molecule has 6 rings (SSSR count). The van der Waals surface area contributed by atoms with Crippen LogP contribution < -0.4 is 10.2 Å². The molecule has 0 unspecified atom stereocenters. The first-order valence-electron chi connectivity index (χ1n) is 11.9. The second kappa shape index (κ2) is 7.93. The largest absolute Gasteiger partial charge is 0.507 e. The lowest BCUT2D eigenvalue weighted by molar-refractivity contribution is 0.0385. The van der Waals surface area contributed by atoms with Gasteiger partial charge in [-0.1, -0.05) is 6.07 Å². The molecule has 2 bridgehead atoms. The number of hydrogen-bond acceptors (Lipinski definition) is 9. The summed E-state index contributed by atoms with van der Waals surface area (Å²) in [5.74, 6) is 1.32. The van der Waals surface area contributed by atoms with Gasteiger partial charge in [0.25, 0.3) is 0 Å². The smallest absolute Gasteiger partial charge is 0.205 e. The van der Waals surface area contributed by atoms with Gasteiger partial charge in [0, 0.05) is 23.2 Å². The Morgan fingerprint density at radius 2 is 2.03 bits per heavy atom. The standard InChI is InChI=1S/C23H28FN9O/c1-23-9-3-4-14(26-23)11-17(20(23)24)33(15-6-7-15)19-12-25-22(28-27-19)16-8-5-13(10-18(16)34)21-29-31-32(2)30-21/h5,8,10,12,14-15,17,20,26,34H,3-4,6-7,9,11H2,1-2H3/t14-,17-,20-,23+/m1/s1. The van der Waals surface area contributed by atoms with Crippen molar-refractivity contribution in [2.75, 3.05) is 4.90 Å². The lowest BCUT2D eigenvalue weighted by Gasteiger charge is -2.52. The molecule has 2 N–H and O–H groups in total. The lowest BCUT2D eigenvalue weighted by Crippen LogP contribution is -2.69. The Morgan fingerprint density at radius 1 is 1.18 bits per heavy atom. The number of aryl methyl sites for hydroxylation is 1. The Hall–Kier alpha value is -3.21. The highest BCUT2D eigenvalue weighted by Gasteiger charge is 2.52. The number of phenols is 1. The monoisotopic (exact) mass is 465 g/mol. The van der Waals surface area contributed by atoms with Crippen molar-refractivity contribution in [3.63, 3.8) is 0 Å². The van der Waals surface area contributed by atoms with Gasteiger partial charge >= 0.3 is 0 Å². The number of alkyl halides is 1. The van der Waals surface area contributed by atoms with E-state index in [9.17, 15) is 5.11 Å². The van der Waals surface area contributed by atoms with E-state index < -0.39 is 11.7 Å². The highest BCUT2D eigenvalue weighted by atomic mass is 19.1. The number of phenolic OH excluding ortho intramolecular Hbond substituents is 1. The zero-order valence-electron chi connectivity index (χ0n) is 19.3. The molecule has 4 heterocycles. The number of aromatic nitrogens is 7. The number of tetrazole rings is 1. The van der Waals surface area contributed by atoms with E-state index in [-0.39, 0.29) is 17.8 Å². The Balaban J connectivity index is 1.27. The van der Waals surface area contributed by atoms with Gasteiger partial charge in [0.05, 0.1) is 24.8 Å². The molecule has 1 saturated carbocycles. The van der Waals surface area contributed by atoms with Crippen molar-refractivity contribution in [2.24, 2.45) is 7.05 Å². The van der Waals surface area contributed by atoms with Crippen LogP contribution in [0.2, 0.25) is 0 Å². The van der Waals surface area contributed by atoms with Gasteiger partial charge in [-0.3, -0.25) is 0 Å². The van der Waals surface area contributed by atoms with E-state index in [1.165, 1.54) is 4.80 Å². The topological polar surface area (TPSA) is 118 Å². The fourth-order valence-corrected chi connectivity index (χ4v) is 5.56. The Labute approximate surface area is 196 Å². The minimum absolute atomic E-state index is 0.00137. The third kappa shape index (κ3) is 3.67. The molecule has 178 valence electrons. The van der Waals surface area contributed by atoms with Crippen LogP contribution in [-0.4, -0.2) is 70.3 Å². The SMILES string of the molecule is Cn1nnc(-c2ccc(-c3ncc(N(C4CC4)[C@@H]4C[C@H]5CCC[C@](C)(N5)[C@@H]4F)nn3)c(O)c2)n1. The number of benzene rings is 1. The van der Waals surface area contributed by atoms with Gasteiger partial charge < -0.3 is 15.3 Å². The van der Waals surface area contributed by atoms with E-state index in [1.807, 2.05) is 6.92 Å². The van der Waals surface area contributed by atoms with Crippen LogP contribution in [0.3, 0.4) is 0 Å². The predicted octanol–water partition coefficient (Wildman–Crippen LogP) is 2.41. The predicted molar refractivity (Wildman–Crippen MR) is 123 cm³/mol. The van der Waals surface area contributed by atoms with Gasteiger partial charge in [-0.05, 0) is 62.8 Å². The first kappa shape index (κ1) is 21.3. The van der Waals surface area contributed by atoms with Crippen LogP contribution in [0.1, 0.15) is 45.4 Å². The number of piperidine rings is 2. The molecule has 2 aromatic heterocycles. The van der Waals surface area contributed by atoms with E-state index >= 15 is 4.39 Å². The third-order valence-corrected chi connectivity index (χ3v) is 7.37. The Kier molecular flexibility index (Phi) is 4.98. The Bertz CT molecular complexity index is 1200. The summed E-state index contributed by atoms with van der Waals surface area (Å²) < 4.78 is 15.8. The van der Waals surface area contributed by atoms with Crippen molar-refractivity contribution in [2.45, 2.75) is 75.3 Å². The van der Waals surface area contributed by atoms with Crippen LogP contribution in [0.4, 0.5) is 10.2 Å². The summed E-state index contributed by atoms with van der Waals surface area (Å²) in [5.41, 5.74) is 0.598. The van der Waals surface area contributed by atoms with Gasteiger partial charge in [-0.25, -0.2) is 9.37 Å². The highest BCUT2D eigenvalue weighted by molar-refractivity contribution is 5.70. The molecule has 1 aliphatic carbocycles. The molecular formula is C23H28FN9O. The summed E-state index contributed by atoms with van der Waals surface area (Å²) >= 11 is 0. The molecular weight excluding hydrogens is 437 g/mol. The van der Waals surface area contributed by atoms with E-state index in [1.54, 1.807) is 31.4 Å². The van der Waals surface area contributed by atoms with Crippen LogP contribution in [0.15, 0.2) is 24.4 Å². The molecule has 34 heavy (non-hydrogen) atoms. The zero-order chi connectivity index (χ0) is 23.4. The van der Waals surface area contributed by atoms with Crippen LogP contribution >= 0.6 is 0 Å². The second-order valence-corrected chi connectivity index (χ2v) is 9.97. The molecule has 3 aliphatic rings. The summed E-state index contributed by atoms with van der Waals surface area (Å²) in [6.45, 7) is 2.01. The third-order valence-electron chi connectivity index (χ3n) is 7.37. The number of anilines is 1. The number of aromatic hydroxyl groups is 1. The van der Waals surface area contributed by atoms with Gasteiger partial charge in [-0.2, -0.15) is 4.80 Å². The van der Waals surface area contributed by atoms with Crippen molar-refractivity contribution in [3.05, 3.63) is 24.4 Å². The Morgan fingerprint density at radius 3 is 2.71 bits per heavy atom. The maximum atomic E-state index is 15.8. The molecule has 3 fully saturated rings. The van der Waals surface area contributed by atoms with Crippen molar-refractivity contribution in [3.8, 4) is 28.5 Å². The van der Waals surface area contributed by atoms with Crippen molar-refractivity contribution in [1.82, 2.24) is 40.7 Å². The summed E-state index contributed by atoms with van der Waals surface area (Å²) in [5, 5.41) is 34.8. The quantitative estimate of drug-likeness (QED) is 0.586. The van der Waals surface area contributed by atoms with Crippen molar-refractivity contribution in [1.29, 1.82) is 0 Å². The second-order valence-electron chi connectivity index (χ2n) is 9.97. The van der Waals surface area contributed by atoms with Crippen molar-refractivity contribution < 1.29 is 9.50 Å². The average Bonchev–Trinajstić information content (AvgIpc) is 3.56. The fraction of sp³-hybridized carbons (Fsp3) is 0.565. The molecule has 10 nitrogen and oxygen atoms in total. The van der Waals surface area contributed by atoms with Crippen LogP contribution in [0.5, 0.6) is 5.75 Å². The molecule has 2 aliphatic heterocycles. The van der Waals surface area contributed by atoms with E-state index in [4.69, 9.17) is 0 Å². The minimum Gasteiger partial charge on any atom is -0.507 e. The summed E-state index contributed by atoms with van der Waals surface area (Å²) in [7, 11) is 1.68. The highest BCUT2D eigenvalue weighted by Crippen LogP contribution is 2.42. The normalized spacial score (nSPS) is 28.6. The van der Waals surface area contributed by atoms with Gasteiger partial charge in [-0.15, -0.1) is 20.4 Å². The maximum Gasteiger partial charge on any atom is 0.205 e. The zero-order valence-corrected chi connectivity index (χ0v) is 19.3. The van der Waals surface area contributed by atoms with E-state index in [2.05, 4.69) is 40.8 Å². The number of nitrogens with one attached hydrogen (secondary N) is 1. The summed E-state index contributed by atoms with van der Waals surface area (Å²) in [6.07, 6.45) is 6.48. The van der Waals surface area contributed by atoms with Crippen molar-refractivity contribution >= 4 is 5.82 Å². The number of nitrogens with zero attached hydrogens (tertiary/aromatic N) is 8. The summed E-state index contributed by atoms with van der Waals surface area (Å²) in [4.78, 5) is 7.97. The maximum absolute atomic E-state index is 15.8. The summed E-state index contributed by atoms with van der Waals surface area (Å²) in [6, 6.07) is 5.42. The number of rotatable bonds is 5. The molecule has 0 spiro atoms. The first-order valence-corrected chi connectivity index (χ1v) is 11.9. The van der Waals surface area contributed by atoms with Crippen LogP contribution in [-0.2, 0) is 7.05 Å². The minimum atomic E-state index is -0.989. The molecule has 0 amide bonds. The molecule has 0 radical (unpaired) electrons. The molecule has 4 atom stereocenters. The molecule has 2 saturated heterocycles. The van der Waals surface area contributed by atoms with Gasteiger partial charge in [0.1, 0.15) is 11.9 Å². The van der Waals surface area contributed by atoms with E-state index in [0.717, 1.165) is 38.5 Å². The lowest BCUT2D eigenvalue weighted by atomic mass is 9.73. The molecule has 11 heteroatoms. The number of fused-ring (bicyclic) bond motifs is 2. The van der Waals surface area contributed by atoms with Gasteiger partial charge in [0.2, 0.25) is 5.82 Å². The molecule has 3 aromatic rings. The average molecular weight is 466 g/mol. The number of halogens is 1. The fourth-order valence-electron chi connectivity index (χ4n) is 5.56. The first-order chi connectivity index (χ1) is 16.4. The van der Waals surface area contributed by atoms with Crippen LogP contribution in [0.25, 0.3) is 22.8 Å². The van der Waals surface area contributed by atoms with Gasteiger partial charge in [0.15, 0.2) is 11.6 Å². The molecule has 1 aromatic carbocycles. The van der Waals surface area contributed by atoms with E-state index in [0.29, 0.717) is 34.6 Å². The van der Waals surface area contributed by atoms with Crippen LogP contribution in [0, 0.1) is 0 Å².